The van der Waals surface area contributed by atoms with E-state index in [4.69, 9.17) is 0 Å². The average molecular weight is 1280 g/mol. The molecule has 3 aliphatic carbocycles. The summed E-state index contributed by atoms with van der Waals surface area (Å²) in [5, 5.41) is 42.4. The molecule has 15 nitrogen and oxygen atoms in total. The second-order valence-corrected chi connectivity index (χ2v) is 22.2. The normalized spacial score (nSPS) is 15.1. The zero-order valence-corrected chi connectivity index (χ0v) is 53.7. The predicted molar refractivity (Wildman–Crippen MR) is 347 cm³/mol. The van der Waals surface area contributed by atoms with E-state index in [2.05, 4.69) is 48.6 Å². The molecule has 3 aliphatic rings. The monoisotopic (exact) mass is 1280 g/mol. The molecule has 0 amide bonds. The molecule has 0 radical (unpaired) electrons. The van der Waals surface area contributed by atoms with Gasteiger partial charge in [0.15, 0.2) is 5.78 Å². The van der Waals surface area contributed by atoms with Crippen molar-refractivity contribution < 1.29 is 56.6 Å². The summed E-state index contributed by atoms with van der Waals surface area (Å²) in [6, 6.07) is 54.5. The van der Waals surface area contributed by atoms with Crippen LogP contribution in [0.4, 0.5) is 0 Å². The van der Waals surface area contributed by atoms with Gasteiger partial charge in [-0.2, -0.15) is 6.92 Å². The molecule has 0 spiro atoms. The van der Waals surface area contributed by atoms with Crippen molar-refractivity contribution in [2.24, 2.45) is 0 Å². The van der Waals surface area contributed by atoms with E-state index < -0.39 is 34.4 Å². The molecule has 3 heterocycles. The van der Waals surface area contributed by atoms with E-state index in [0.717, 1.165) is 87.1 Å². The molecule has 0 aliphatic heterocycles. The van der Waals surface area contributed by atoms with Gasteiger partial charge in [0.2, 0.25) is 16.3 Å². The molecule has 6 aromatic carbocycles. The maximum atomic E-state index is 12.8. The van der Waals surface area contributed by atoms with E-state index in [-0.39, 0.29) is 91.5 Å². The fourth-order valence-electron chi connectivity index (χ4n) is 12.1. The molecule has 2 atom stereocenters. The number of hydrogen-bond donors (Lipinski definition) is 5. The minimum absolute atomic E-state index is 0. The van der Waals surface area contributed by atoms with Crippen LogP contribution in [-0.2, 0) is 44.5 Å². The van der Waals surface area contributed by atoms with Crippen molar-refractivity contribution in [2.45, 2.75) is 103 Å². The van der Waals surface area contributed by atoms with Gasteiger partial charge in [0.1, 0.15) is 16.7 Å². The van der Waals surface area contributed by atoms with E-state index in [1.807, 2.05) is 144 Å². The Morgan fingerprint density at radius 2 is 0.844 bits per heavy atom. The Morgan fingerprint density at radius 3 is 1.26 bits per heavy atom. The molecule has 0 bridgehead atoms. The van der Waals surface area contributed by atoms with Crippen molar-refractivity contribution in [1.82, 2.24) is 19.0 Å². The standard InChI is InChI=1S/C24H24N2O3.C24H23NO4.C23H19NO4.C2H5.BrH.Mg/c1-25-20-8-5-9-21-22(20)23(27)19(24(28)29)15-26(21)14-16-10-12-18(13-11-16)17-6-3-2-4-7-17;1-24(29)13-5-8-20-21(24)22(26)19(23(27)28)15-25(20)14-16-9-11-18(12-10-16)17-6-3-2-4-7-17;25-20-8-4-7-19-21(20)22(26)18(23(27)28)14-24(19)13-15-9-11-17(12-10-15)16-5-2-1-3-6-16;1-2;;/h2-4,6-7,10-13,15,20,25H,5,8-9,14H2,1H3,(H,28,29);2-4,6-7,9-12,15,29H,5,8,13-14H2,1H3,(H,27,28);1-3,5-6,9-12,14H,4,7-8,13H2,(H,27,28);1H2,2H3;1H;/q;;;-1;;+2/p-1. The molecule has 0 saturated heterocycles. The van der Waals surface area contributed by atoms with Crippen molar-refractivity contribution in [1.29, 1.82) is 0 Å². The Kier molecular flexibility index (Phi) is 23.9. The van der Waals surface area contributed by atoms with Crippen molar-refractivity contribution in [3.8, 4) is 33.4 Å². The number of pyridine rings is 3. The summed E-state index contributed by atoms with van der Waals surface area (Å²) >= 11 is 0. The number of fused-ring (bicyclic) bond motifs is 3. The fraction of sp³-hybridized carbons (Fsp3) is 0.233. The van der Waals surface area contributed by atoms with Crippen molar-refractivity contribution >= 4 is 46.7 Å². The first-order chi connectivity index (χ1) is 42.5. The third-order valence-electron chi connectivity index (χ3n) is 16.5. The van der Waals surface area contributed by atoms with Gasteiger partial charge in [-0.1, -0.05) is 164 Å². The minimum atomic E-state index is -1.31. The molecule has 0 fully saturated rings. The van der Waals surface area contributed by atoms with Gasteiger partial charge in [0, 0.05) is 73.3 Å². The Labute approximate surface area is 549 Å². The number of benzene rings is 6. The number of carboxylic acids is 3. The number of carbonyl (C=O) groups excluding carboxylic acids is 1. The second kappa shape index (κ2) is 31.2. The molecule has 3 aromatic heterocycles. The van der Waals surface area contributed by atoms with E-state index in [1.165, 1.54) is 18.6 Å². The summed E-state index contributed by atoms with van der Waals surface area (Å²) in [6.45, 7) is 7.98. The van der Waals surface area contributed by atoms with Crippen LogP contribution in [0.25, 0.3) is 33.4 Å². The molecule has 2 unspecified atom stereocenters. The molecule has 0 saturated carbocycles. The zero-order chi connectivity index (χ0) is 62.6. The van der Waals surface area contributed by atoms with Gasteiger partial charge in [-0.25, -0.2) is 14.4 Å². The Balaban J connectivity index is 0.000000187. The van der Waals surface area contributed by atoms with Gasteiger partial charge >= 0.3 is 41.0 Å². The summed E-state index contributed by atoms with van der Waals surface area (Å²) in [6.07, 6.45) is 10.3. The summed E-state index contributed by atoms with van der Waals surface area (Å²) < 4.78 is 5.50. The van der Waals surface area contributed by atoms with Crippen LogP contribution in [0, 0.1) is 6.92 Å². The topological polar surface area (TPSA) is 227 Å². The number of hydrogen-bond acceptors (Lipinski definition) is 9. The number of aromatic nitrogens is 3. The van der Waals surface area contributed by atoms with Crippen LogP contribution in [0.2, 0.25) is 0 Å². The first kappa shape index (κ1) is 68.9. The molecule has 9 aromatic rings. The average Bonchev–Trinajstić information content (AvgIpc) is 0.818. The van der Waals surface area contributed by atoms with Crippen LogP contribution in [0.1, 0.15) is 145 Å². The van der Waals surface area contributed by atoms with Crippen LogP contribution >= 0.6 is 0 Å². The first-order valence-corrected chi connectivity index (χ1v) is 29.6. The van der Waals surface area contributed by atoms with Crippen LogP contribution < -0.4 is 38.6 Å². The van der Waals surface area contributed by atoms with E-state index in [9.17, 15) is 54.0 Å². The number of halogens is 1. The Morgan fingerprint density at radius 1 is 0.489 bits per heavy atom. The van der Waals surface area contributed by atoms with Gasteiger partial charge in [0.25, 0.3) is 0 Å². The molecule has 90 heavy (non-hydrogen) atoms. The first-order valence-electron chi connectivity index (χ1n) is 29.6. The SMILES string of the molecule is CC1(O)CCCc2c1c(=O)c(C(=O)O)cn2Cc1ccc(-c2ccccc2)cc1.CNC1CCCc2c1c(=O)c(C(=O)O)cn2Cc1ccc(-c2ccccc2)cc1.O=C(O)c1cn(Cc2ccc(-c3ccccc3)cc2)c2c(c1=O)C(=O)CCC2.[Br-].[CH2-]C.[Mg+2]. The second-order valence-electron chi connectivity index (χ2n) is 22.2. The predicted octanol–water partition coefficient (Wildman–Crippen LogP) is 8.91. The van der Waals surface area contributed by atoms with Crippen LogP contribution in [-0.4, -0.2) is 87.9 Å². The molecular formula is C73H71BrMgN4O11. The van der Waals surface area contributed by atoms with Gasteiger partial charge < -0.3 is 63.3 Å². The number of nitrogens with zero attached hydrogens (tertiary/aromatic N) is 3. The van der Waals surface area contributed by atoms with Crippen LogP contribution in [0.15, 0.2) is 197 Å². The maximum Gasteiger partial charge on any atom is 2.00 e. The van der Waals surface area contributed by atoms with Crippen molar-refractivity contribution in [3.05, 3.63) is 287 Å². The van der Waals surface area contributed by atoms with Gasteiger partial charge in [0.05, 0.1) is 16.7 Å². The number of aromatic carboxylic acids is 3. The molecule has 458 valence electrons. The Bertz CT molecular complexity index is 4190. The van der Waals surface area contributed by atoms with E-state index in [0.29, 0.717) is 56.6 Å². The minimum Gasteiger partial charge on any atom is -1.00 e. The summed E-state index contributed by atoms with van der Waals surface area (Å²) in [5.41, 5.74) is 9.24. The number of Topliss-reactive ketones (excluding diaryl/α,β-unsaturated/α-hetero) is 1. The molecule has 17 heteroatoms. The third-order valence-corrected chi connectivity index (χ3v) is 16.5. The quantitative estimate of drug-likeness (QED) is 0.0539. The number of ketones is 1. The smallest absolute Gasteiger partial charge is 1.00 e. The number of carbonyl (C=O) groups is 4. The third kappa shape index (κ3) is 15.7. The maximum absolute atomic E-state index is 12.8. The number of aliphatic hydroxyl groups is 1. The summed E-state index contributed by atoms with van der Waals surface area (Å²) in [5.74, 6) is -4.01. The van der Waals surface area contributed by atoms with Crippen LogP contribution in [0.5, 0.6) is 0 Å². The molecular weight excluding hydrogens is 1210 g/mol. The number of rotatable bonds is 13. The Hall–Kier alpha value is -8.58. The van der Waals surface area contributed by atoms with Gasteiger partial charge in [-0.05, 0) is 115 Å². The molecule has 12 rings (SSSR count). The van der Waals surface area contributed by atoms with E-state index >= 15 is 0 Å². The molecule has 5 N–H and O–H groups in total. The van der Waals surface area contributed by atoms with Crippen molar-refractivity contribution in [3.63, 3.8) is 0 Å². The summed E-state index contributed by atoms with van der Waals surface area (Å²) in [7, 11) is 1.82. The number of nitrogens with one attached hydrogen (secondary N) is 1. The van der Waals surface area contributed by atoms with Crippen LogP contribution in [0.3, 0.4) is 0 Å². The van der Waals surface area contributed by atoms with Gasteiger partial charge in [-0.3, -0.25) is 19.2 Å². The zero-order valence-electron chi connectivity index (χ0n) is 50.7. The fourth-order valence-corrected chi connectivity index (χ4v) is 12.1. The van der Waals surface area contributed by atoms with E-state index in [1.54, 1.807) is 18.4 Å². The number of carboxylic acid groups (broad SMARTS) is 3. The van der Waals surface area contributed by atoms with Crippen molar-refractivity contribution in [2.75, 3.05) is 7.05 Å². The largest absolute Gasteiger partial charge is 2.00 e. The summed E-state index contributed by atoms with van der Waals surface area (Å²) in [4.78, 5) is 85.1. The van der Waals surface area contributed by atoms with Gasteiger partial charge in [-0.15, -0.1) is 0 Å².